The Hall–Kier alpha value is -2.37. The van der Waals surface area contributed by atoms with Gasteiger partial charge in [-0.2, -0.15) is 0 Å². The molecular formula is C17H14Cl2N2O3. The Morgan fingerprint density at radius 2 is 2.12 bits per heavy atom. The third-order valence-corrected chi connectivity index (χ3v) is 3.61. The quantitative estimate of drug-likeness (QED) is 0.361. The highest BCUT2D eigenvalue weighted by Gasteiger charge is 2.13. The summed E-state index contributed by atoms with van der Waals surface area (Å²) in [6.07, 6.45) is 4.36. The molecule has 124 valence electrons. The molecule has 0 fully saturated rings. The maximum absolute atomic E-state index is 11.7. The van der Waals surface area contributed by atoms with Gasteiger partial charge in [0, 0.05) is 17.8 Å². The molecule has 2 aromatic rings. The van der Waals surface area contributed by atoms with E-state index in [1.165, 1.54) is 18.3 Å². The molecule has 0 aliphatic heterocycles. The number of carbonyl (C=O) groups excluding carboxylic acids is 1. The summed E-state index contributed by atoms with van der Waals surface area (Å²) in [5.74, 6) is -0.531. The summed E-state index contributed by atoms with van der Waals surface area (Å²) in [6.45, 7) is 3.61. The molecule has 5 nitrogen and oxygen atoms in total. The highest BCUT2D eigenvalue weighted by atomic mass is 35.5. The van der Waals surface area contributed by atoms with Crippen molar-refractivity contribution in [1.82, 2.24) is 9.97 Å². The summed E-state index contributed by atoms with van der Waals surface area (Å²) in [7, 11) is 0. The average Bonchev–Trinajstić information content (AvgIpc) is 2.54. The summed E-state index contributed by atoms with van der Waals surface area (Å²) in [6, 6.07) is 6.60. The Bertz CT molecular complexity index is 791. The molecule has 0 aliphatic rings. The minimum absolute atomic E-state index is 0.00682. The molecule has 1 N–H and O–H groups in total. The van der Waals surface area contributed by atoms with E-state index in [0.29, 0.717) is 16.8 Å². The molecule has 1 aromatic heterocycles. The van der Waals surface area contributed by atoms with Crippen LogP contribution in [0, 0.1) is 0 Å². The van der Waals surface area contributed by atoms with Crippen molar-refractivity contribution in [2.75, 3.05) is 6.61 Å². The van der Waals surface area contributed by atoms with Crippen LogP contribution in [0.1, 0.15) is 16.8 Å². The second-order valence-corrected chi connectivity index (χ2v) is 5.42. The topological polar surface area (TPSA) is 72.3 Å². The molecule has 0 radical (unpaired) electrons. The van der Waals surface area contributed by atoms with E-state index in [9.17, 15) is 9.90 Å². The number of aliphatic hydroxyl groups excluding tert-OH is 1. The van der Waals surface area contributed by atoms with E-state index in [0.717, 1.165) is 0 Å². The number of aromatic nitrogens is 2. The van der Waals surface area contributed by atoms with Gasteiger partial charge in [-0.1, -0.05) is 36.4 Å². The minimum atomic E-state index is -0.431. The fraction of sp³-hybridized carbons (Fsp3) is 0.118. The van der Waals surface area contributed by atoms with Crippen LogP contribution in [-0.4, -0.2) is 27.7 Å². The fourth-order valence-electron chi connectivity index (χ4n) is 1.92. The van der Waals surface area contributed by atoms with Crippen molar-refractivity contribution in [2.45, 2.75) is 6.42 Å². The Labute approximate surface area is 149 Å². The number of carbonyl (C=O) groups is 1. The van der Waals surface area contributed by atoms with E-state index in [1.54, 1.807) is 24.3 Å². The predicted molar refractivity (Wildman–Crippen MR) is 93.9 cm³/mol. The van der Waals surface area contributed by atoms with Gasteiger partial charge in [0.25, 0.3) is 0 Å². The molecule has 0 bridgehead atoms. The van der Waals surface area contributed by atoms with Gasteiger partial charge in [-0.25, -0.2) is 9.97 Å². The van der Waals surface area contributed by atoms with Crippen LogP contribution in [0.5, 0.6) is 0 Å². The van der Waals surface area contributed by atoms with Gasteiger partial charge in [-0.05, 0) is 29.3 Å². The Morgan fingerprint density at radius 1 is 1.33 bits per heavy atom. The van der Waals surface area contributed by atoms with Crippen LogP contribution in [0.25, 0.3) is 11.8 Å². The second-order valence-electron chi connectivity index (χ2n) is 4.71. The Morgan fingerprint density at radius 3 is 2.83 bits per heavy atom. The summed E-state index contributed by atoms with van der Waals surface area (Å²) in [4.78, 5) is 19.4. The first-order valence-corrected chi connectivity index (χ1v) is 7.70. The number of ether oxygens (including phenoxy) is 1. The molecular weight excluding hydrogens is 351 g/mol. The van der Waals surface area contributed by atoms with Crippen molar-refractivity contribution in [1.29, 1.82) is 0 Å². The van der Waals surface area contributed by atoms with Crippen LogP contribution < -0.4 is 0 Å². The molecule has 0 atom stereocenters. The van der Waals surface area contributed by atoms with Gasteiger partial charge < -0.3 is 9.84 Å². The van der Waals surface area contributed by atoms with Crippen molar-refractivity contribution in [3.8, 4) is 0 Å². The standard InChI is InChI=1S/C17H14Cl2N2O3/c1-2-8-24-15(23)9-11-4-3-5-13(16(11)18)14(22)10-12-6-7-20-17(19)21-12/h2-7,10,22H,1,8-9H2/b14-10+. The van der Waals surface area contributed by atoms with Gasteiger partial charge in [-0.15, -0.1) is 0 Å². The molecule has 0 aliphatic carbocycles. The maximum Gasteiger partial charge on any atom is 0.310 e. The molecule has 0 amide bonds. The van der Waals surface area contributed by atoms with E-state index in [-0.39, 0.29) is 29.1 Å². The molecule has 0 saturated heterocycles. The zero-order chi connectivity index (χ0) is 17.5. The van der Waals surface area contributed by atoms with E-state index >= 15 is 0 Å². The van der Waals surface area contributed by atoms with Gasteiger partial charge in [0.2, 0.25) is 5.28 Å². The fourth-order valence-corrected chi connectivity index (χ4v) is 2.36. The summed E-state index contributed by atoms with van der Waals surface area (Å²) in [5, 5.41) is 10.6. The lowest BCUT2D eigenvalue weighted by atomic mass is 10.1. The molecule has 7 heteroatoms. The van der Waals surface area contributed by atoms with Gasteiger partial charge in [0.15, 0.2) is 0 Å². The molecule has 2 rings (SSSR count). The first-order chi connectivity index (χ1) is 11.5. The van der Waals surface area contributed by atoms with Gasteiger partial charge in [-0.3, -0.25) is 4.79 Å². The van der Waals surface area contributed by atoms with E-state index in [1.807, 2.05) is 0 Å². The lowest BCUT2D eigenvalue weighted by Crippen LogP contribution is -2.08. The highest BCUT2D eigenvalue weighted by Crippen LogP contribution is 2.27. The number of hydrogen-bond acceptors (Lipinski definition) is 5. The van der Waals surface area contributed by atoms with Crippen molar-refractivity contribution < 1.29 is 14.6 Å². The average molecular weight is 365 g/mol. The number of halogens is 2. The number of benzene rings is 1. The van der Waals surface area contributed by atoms with Crippen LogP contribution in [0.4, 0.5) is 0 Å². The lowest BCUT2D eigenvalue weighted by Gasteiger charge is -2.09. The normalized spacial score (nSPS) is 11.2. The number of hydrogen-bond donors (Lipinski definition) is 1. The SMILES string of the molecule is C=CCOC(=O)Cc1cccc(/C(O)=C\c2ccnc(Cl)n2)c1Cl. The zero-order valence-electron chi connectivity index (χ0n) is 12.6. The largest absolute Gasteiger partial charge is 0.507 e. The molecule has 24 heavy (non-hydrogen) atoms. The van der Waals surface area contributed by atoms with Crippen LogP contribution in [-0.2, 0) is 16.0 Å². The number of rotatable bonds is 6. The van der Waals surface area contributed by atoms with E-state index < -0.39 is 5.97 Å². The smallest absolute Gasteiger partial charge is 0.310 e. The number of aliphatic hydroxyl groups is 1. The van der Waals surface area contributed by atoms with E-state index in [4.69, 9.17) is 27.9 Å². The van der Waals surface area contributed by atoms with E-state index in [2.05, 4.69) is 16.5 Å². The first kappa shape index (κ1) is 18.0. The monoisotopic (exact) mass is 364 g/mol. The first-order valence-electron chi connectivity index (χ1n) is 6.94. The maximum atomic E-state index is 11.7. The van der Waals surface area contributed by atoms with Gasteiger partial charge >= 0.3 is 5.97 Å². The molecule has 0 saturated carbocycles. The molecule has 1 heterocycles. The van der Waals surface area contributed by atoms with Crippen molar-refractivity contribution in [3.63, 3.8) is 0 Å². The van der Waals surface area contributed by atoms with Crippen LogP contribution >= 0.6 is 23.2 Å². The highest BCUT2D eigenvalue weighted by molar-refractivity contribution is 6.33. The lowest BCUT2D eigenvalue weighted by molar-refractivity contribution is -0.141. The Balaban J connectivity index is 2.26. The summed E-state index contributed by atoms with van der Waals surface area (Å²) < 4.78 is 4.93. The third-order valence-electron chi connectivity index (χ3n) is 2.98. The zero-order valence-corrected chi connectivity index (χ0v) is 14.1. The number of esters is 1. The third kappa shape index (κ3) is 4.81. The van der Waals surface area contributed by atoms with Crippen LogP contribution in [0.3, 0.4) is 0 Å². The summed E-state index contributed by atoms with van der Waals surface area (Å²) in [5.41, 5.74) is 1.35. The minimum Gasteiger partial charge on any atom is -0.507 e. The van der Waals surface area contributed by atoms with Gasteiger partial charge in [0.1, 0.15) is 12.4 Å². The summed E-state index contributed by atoms with van der Waals surface area (Å²) >= 11 is 12.0. The molecule has 0 unspecified atom stereocenters. The molecule has 1 aromatic carbocycles. The second kappa shape index (κ2) is 8.47. The van der Waals surface area contributed by atoms with Gasteiger partial charge in [0.05, 0.1) is 17.1 Å². The Kier molecular flexibility index (Phi) is 6.35. The van der Waals surface area contributed by atoms with Crippen molar-refractivity contribution in [2.24, 2.45) is 0 Å². The predicted octanol–water partition coefficient (Wildman–Crippen LogP) is 4.11. The number of nitrogens with zero attached hydrogens (tertiary/aromatic N) is 2. The van der Waals surface area contributed by atoms with Crippen molar-refractivity contribution in [3.05, 3.63) is 70.2 Å². The van der Waals surface area contributed by atoms with Crippen LogP contribution in [0.15, 0.2) is 43.1 Å². The van der Waals surface area contributed by atoms with Crippen LogP contribution in [0.2, 0.25) is 10.3 Å². The van der Waals surface area contributed by atoms with Crippen molar-refractivity contribution >= 4 is 41.0 Å². The molecule has 0 spiro atoms.